The van der Waals surface area contributed by atoms with E-state index < -0.39 is 0 Å². The van der Waals surface area contributed by atoms with E-state index in [9.17, 15) is 4.79 Å². The number of benzene rings is 1. The Balaban J connectivity index is 2.05. The second-order valence-corrected chi connectivity index (χ2v) is 6.38. The third-order valence-corrected chi connectivity index (χ3v) is 4.00. The van der Waals surface area contributed by atoms with Gasteiger partial charge in [0, 0.05) is 11.8 Å². The molecule has 0 unspecified atom stereocenters. The predicted octanol–water partition coefficient (Wildman–Crippen LogP) is 3.56. The Morgan fingerprint density at radius 1 is 1.11 bits per heavy atom. The Morgan fingerprint density at radius 2 is 1.78 bits per heavy atom. The van der Waals surface area contributed by atoms with Crippen molar-refractivity contribution in [2.24, 2.45) is 5.41 Å². The molecule has 1 aliphatic heterocycles. The molecule has 1 aromatic rings. The van der Waals surface area contributed by atoms with Gasteiger partial charge in [0.05, 0.1) is 12.2 Å². The number of hydrogen-bond acceptors (Lipinski definition) is 2. The van der Waals surface area contributed by atoms with E-state index in [0.29, 0.717) is 13.0 Å². The summed E-state index contributed by atoms with van der Waals surface area (Å²) in [7, 11) is 0. The van der Waals surface area contributed by atoms with Crippen LogP contribution in [0, 0.1) is 5.41 Å². The largest absolute Gasteiger partial charge is 0.492 e. The fraction of sp³-hybridized carbons (Fsp3) is 0.562. The molecular weight excluding hydrogens is 224 g/mol. The fourth-order valence-electron chi connectivity index (χ4n) is 2.95. The van der Waals surface area contributed by atoms with Crippen molar-refractivity contribution in [1.82, 2.24) is 0 Å². The van der Waals surface area contributed by atoms with Crippen LogP contribution >= 0.6 is 0 Å². The van der Waals surface area contributed by atoms with Crippen molar-refractivity contribution < 1.29 is 9.53 Å². The van der Waals surface area contributed by atoms with Crippen molar-refractivity contribution in [2.75, 3.05) is 6.61 Å². The maximum absolute atomic E-state index is 12.3. The molecule has 2 nitrogen and oxygen atoms in total. The number of ketones is 1. The van der Waals surface area contributed by atoms with Crippen LogP contribution in [-0.4, -0.2) is 12.4 Å². The van der Waals surface area contributed by atoms with Gasteiger partial charge in [-0.15, -0.1) is 0 Å². The highest BCUT2D eigenvalue weighted by Crippen LogP contribution is 2.35. The highest BCUT2D eigenvalue weighted by Gasteiger charge is 2.30. The van der Waals surface area contributed by atoms with E-state index in [4.69, 9.17) is 4.74 Å². The second kappa shape index (κ2) is 4.11. The minimum Gasteiger partial charge on any atom is -0.492 e. The Kier molecular flexibility index (Phi) is 2.69. The molecule has 3 rings (SSSR count). The van der Waals surface area contributed by atoms with E-state index >= 15 is 0 Å². The smallest absolute Gasteiger partial charge is 0.167 e. The summed E-state index contributed by atoms with van der Waals surface area (Å²) < 4.78 is 5.88. The Hall–Kier alpha value is -1.31. The first-order chi connectivity index (χ1) is 8.55. The van der Waals surface area contributed by atoms with Crippen LogP contribution in [0.15, 0.2) is 12.1 Å². The highest BCUT2D eigenvalue weighted by atomic mass is 16.5. The quantitative estimate of drug-likeness (QED) is 0.697. The Bertz CT molecular complexity index is 500. The fourth-order valence-corrected chi connectivity index (χ4v) is 2.95. The summed E-state index contributed by atoms with van der Waals surface area (Å²) in [5.41, 5.74) is 3.49. The molecule has 96 valence electrons. The Morgan fingerprint density at radius 3 is 2.50 bits per heavy atom. The van der Waals surface area contributed by atoms with Crippen LogP contribution in [0.1, 0.15) is 54.6 Å². The van der Waals surface area contributed by atoms with Gasteiger partial charge in [-0.3, -0.25) is 4.79 Å². The number of rotatable bonds is 0. The zero-order chi connectivity index (χ0) is 12.8. The molecule has 0 bridgehead atoms. The summed E-state index contributed by atoms with van der Waals surface area (Å²) in [6.07, 6.45) is 5.32. The molecule has 2 aliphatic rings. The van der Waals surface area contributed by atoms with Crippen LogP contribution in [0.5, 0.6) is 5.75 Å². The van der Waals surface area contributed by atoms with Crippen molar-refractivity contribution in [3.05, 3.63) is 28.8 Å². The topological polar surface area (TPSA) is 26.3 Å². The molecule has 0 saturated carbocycles. The third kappa shape index (κ3) is 2.05. The monoisotopic (exact) mass is 244 g/mol. The van der Waals surface area contributed by atoms with Crippen LogP contribution in [0.3, 0.4) is 0 Å². The molecule has 2 heteroatoms. The molecule has 0 aromatic heterocycles. The van der Waals surface area contributed by atoms with Gasteiger partial charge in [0.2, 0.25) is 0 Å². The molecular formula is C16H20O2. The molecule has 0 radical (unpaired) electrons. The van der Waals surface area contributed by atoms with Crippen LogP contribution in [-0.2, 0) is 12.8 Å². The van der Waals surface area contributed by atoms with Gasteiger partial charge in [0.15, 0.2) is 5.78 Å². The number of Topliss-reactive ketones (excluding diaryl/α,β-unsaturated/α-hetero) is 1. The lowest BCUT2D eigenvalue weighted by Gasteiger charge is -2.20. The molecule has 0 atom stereocenters. The number of hydrogen-bond donors (Lipinski definition) is 0. The van der Waals surface area contributed by atoms with Crippen molar-refractivity contribution in [3.63, 3.8) is 0 Å². The first-order valence-corrected chi connectivity index (χ1v) is 6.87. The van der Waals surface area contributed by atoms with Crippen molar-refractivity contribution in [3.8, 4) is 5.75 Å². The van der Waals surface area contributed by atoms with E-state index in [1.165, 1.54) is 24.0 Å². The zero-order valence-electron chi connectivity index (χ0n) is 11.2. The molecule has 1 heterocycles. The molecule has 0 saturated heterocycles. The lowest BCUT2D eigenvalue weighted by Crippen LogP contribution is -2.21. The van der Waals surface area contributed by atoms with Crippen LogP contribution < -0.4 is 4.74 Å². The molecule has 0 N–H and O–H groups in total. The molecule has 18 heavy (non-hydrogen) atoms. The van der Waals surface area contributed by atoms with Crippen LogP contribution in [0.2, 0.25) is 0 Å². The van der Waals surface area contributed by atoms with E-state index in [0.717, 1.165) is 24.2 Å². The van der Waals surface area contributed by atoms with Crippen molar-refractivity contribution in [2.45, 2.75) is 46.0 Å². The van der Waals surface area contributed by atoms with Gasteiger partial charge < -0.3 is 4.74 Å². The van der Waals surface area contributed by atoms with Crippen molar-refractivity contribution >= 4 is 5.78 Å². The number of fused-ring (bicyclic) bond motifs is 2. The van der Waals surface area contributed by atoms with E-state index in [2.05, 4.69) is 26.0 Å². The molecule has 1 aliphatic carbocycles. The van der Waals surface area contributed by atoms with E-state index in [1.54, 1.807) is 0 Å². The zero-order valence-corrected chi connectivity index (χ0v) is 11.2. The standard InChI is InChI=1S/C16H20O2/c1-16(2)9-14(17)13-7-11-5-3-4-6-12(11)8-15(13)18-10-16/h7-8H,3-6,9-10H2,1-2H3. The average Bonchev–Trinajstić information content (AvgIpc) is 2.44. The maximum atomic E-state index is 12.3. The summed E-state index contributed by atoms with van der Waals surface area (Å²) in [5.74, 6) is 1.05. The van der Waals surface area contributed by atoms with Gasteiger partial charge in [0.25, 0.3) is 0 Å². The normalized spacial score (nSPS) is 21.6. The summed E-state index contributed by atoms with van der Waals surface area (Å²) >= 11 is 0. The molecule has 0 amide bonds. The number of ether oxygens (including phenoxy) is 1. The van der Waals surface area contributed by atoms with Crippen molar-refractivity contribution in [1.29, 1.82) is 0 Å². The predicted molar refractivity (Wildman–Crippen MR) is 71.3 cm³/mol. The summed E-state index contributed by atoms with van der Waals surface area (Å²) in [6.45, 7) is 4.82. The van der Waals surface area contributed by atoms with E-state index in [1.807, 2.05) is 0 Å². The number of carbonyl (C=O) groups excluding carboxylic acids is 1. The average molecular weight is 244 g/mol. The lowest BCUT2D eigenvalue weighted by atomic mass is 9.85. The molecule has 1 aromatic carbocycles. The lowest BCUT2D eigenvalue weighted by molar-refractivity contribution is 0.0918. The van der Waals surface area contributed by atoms with Gasteiger partial charge in [-0.25, -0.2) is 0 Å². The summed E-state index contributed by atoms with van der Waals surface area (Å²) in [6, 6.07) is 4.21. The molecule has 0 spiro atoms. The molecule has 0 fully saturated rings. The van der Waals surface area contributed by atoms with Crippen LogP contribution in [0.25, 0.3) is 0 Å². The first-order valence-electron chi connectivity index (χ1n) is 6.87. The Labute approximate surface area is 108 Å². The maximum Gasteiger partial charge on any atom is 0.167 e. The third-order valence-electron chi connectivity index (χ3n) is 4.00. The number of carbonyl (C=O) groups is 1. The first kappa shape index (κ1) is 11.8. The minimum absolute atomic E-state index is 0.0589. The van der Waals surface area contributed by atoms with Gasteiger partial charge in [-0.2, -0.15) is 0 Å². The minimum atomic E-state index is -0.0589. The van der Waals surface area contributed by atoms with Gasteiger partial charge in [-0.05, 0) is 48.9 Å². The number of aryl methyl sites for hydroxylation is 2. The van der Waals surface area contributed by atoms with E-state index in [-0.39, 0.29) is 11.2 Å². The van der Waals surface area contributed by atoms with Gasteiger partial charge in [-0.1, -0.05) is 13.8 Å². The highest BCUT2D eigenvalue weighted by molar-refractivity contribution is 5.99. The van der Waals surface area contributed by atoms with Gasteiger partial charge in [0.1, 0.15) is 5.75 Å². The van der Waals surface area contributed by atoms with Gasteiger partial charge >= 0.3 is 0 Å². The summed E-state index contributed by atoms with van der Waals surface area (Å²) in [5, 5.41) is 0. The summed E-state index contributed by atoms with van der Waals surface area (Å²) in [4.78, 5) is 12.3. The SMILES string of the molecule is CC1(C)COc2cc3c(cc2C(=O)C1)CCCC3. The van der Waals surface area contributed by atoms with Crippen LogP contribution in [0.4, 0.5) is 0 Å². The second-order valence-electron chi connectivity index (χ2n) is 6.38.